The molecule has 0 radical (unpaired) electrons. The van der Waals surface area contributed by atoms with E-state index in [1.54, 1.807) is 0 Å². The number of carbonyl (C=O) groups excluding carboxylic acids is 2. The van der Waals surface area contributed by atoms with Crippen LogP contribution in [0, 0.1) is 29.1 Å². The number of ether oxygens (including phenoxy) is 2. The molecule has 1 aliphatic heterocycles. The Hall–Kier alpha value is -2.66. The third-order valence-electron chi connectivity index (χ3n) is 7.14. The Balaban J connectivity index is 1.85. The van der Waals surface area contributed by atoms with E-state index in [2.05, 4.69) is 34.2 Å². The summed E-state index contributed by atoms with van der Waals surface area (Å²) in [5, 5.41) is 13.0. The van der Waals surface area contributed by atoms with Gasteiger partial charge in [-0.2, -0.15) is 5.26 Å². The van der Waals surface area contributed by atoms with Gasteiger partial charge in [0.1, 0.15) is 0 Å². The van der Waals surface area contributed by atoms with Crippen molar-refractivity contribution in [2.45, 2.75) is 79.1 Å². The van der Waals surface area contributed by atoms with E-state index >= 15 is 0 Å². The van der Waals surface area contributed by atoms with E-state index in [1.165, 1.54) is 0 Å². The fourth-order valence-corrected chi connectivity index (χ4v) is 5.84. The summed E-state index contributed by atoms with van der Waals surface area (Å²) < 4.78 is 12.8. The molecule has 0 spiro atoms. The van der Waals surface area contributed by atoms with Crippen molar-refractivity contribution in [3.8, 4) is 17.6 Å². The molecule has 0 saturated carbocycles. The number of hydrogen-bond acceptors (Lipinski definition) is 6. The fraction of sp³-hybridized carbons (Fsp3) is 0.600. The maximum absolute atomic E-state index is 13.4. The average molecular weight is 587 g/mol. The van der Waals surface area contributed by atoms with Crippen molar-refractivity contribution in [1.82, 2.24) is 5.32 Å². The molecule has 3 atom stereocenters. The number of nitrogens with one attached hydrogen (secondary N) is 1. The maximum Gasteiger partial charge on any atom is 0.222 e. The zero-order valence-corrected chi connectivity index (χ0v) is 24.8. The van der Waals surface area contributed by atoms with Gasteiger partial charge in [-0.05, 0) is 79.1 Å². The number of nitriles is 1. The lowest BCUT2D eigenvalue weighted by Crippen LogP contribution is -2.32. The number of ketones is 1. The molecule has 206 valence electrons. The molecule has 0 fully saturated rings. The number of carbonyl (C=O) groups is 2. The van der Waals surface area contributed by atoms with E-state index in [1.807, 2.05) is 39.8 Å². The quantitative estimate of drug-likeness (QED) is 0.282. The lowest BCUT2D eigenvalue weighted by molar-refractivity contribution is -0.124. The summed E-state index contributed by atoms with van der Waals surface area (Å²) in [7, 11) is 0. The molecule has 2 aliphatic rings. The number of aliphatic imine (C=N–C) groups is 1. The minimum Gasteiger partial charge on any atom is -0.490 e. The molecule has 0 bridgehead atoms. The van der Waals surface area contributed by atoms with Gasteiger partial charge in [0.15, 0.2) is 17.3 Å². The topological polar surface area (TPSA) is 101 Å². The summed E-state index contributed by atoms with van der Waals surface area (Å²) in [5.41, 5.74) is 3.12. The van der Waals surface area contributed by atoms with Crippen LogP contribution in [0.3, 0.4) is 0 Å². The first-order valence-electron chi connectivity index (χ1n) is 13.8. The van der Waals surface area contributed by atoms with E-state index in [4.69, 9.17) is 14.5 Å². The van der Waals surface area contributed by atoms with Crippen LogP contribution in [-0.2, 0) is 9.59 Å². The first kappa shape index (κ1) is 29.9. The highest BCUT2D eigenvalue weighted by Gasteiger charge is 2.41. The van der Waals surface area contributed by atoms with Gasteiger partial charge in [0.2, 0.25) is 5.91 Å². The second kappa shape index (κ2) is 13.9. The SMILES string of the molecule is CCCC1CC(=O)C2=C(C1)N=C(C)C(C#N)C2c1cc(Br)c(OCCCCNC(=O)C(C)C)c(OCC)c1. The molecular formula is C30H40BrN3O4. The summed E-state index contributed by atoms with van der Waals surface area (Å²) in [6.45, 7) is 11.2. The largest absolute Gasteiger partial charge is 0.490 e. The van der Waals surface area contributed by atoms with Crippen LogP contribution in [0.4, 0.5) is 0 Å². The van der Waals surface area contributed by atoms with Gasteiger partial charge in [-0.1, -0.05) is 27.2 Å². The van der Waals surface area contributed by atoms with Crippen LogP contribution in [-0.4, -0.2) is 37.2 Å². The van der Waals surface area contributed by atoms with Crippen LogP contribution >= 0.6 is 15.9 Å². The summed E-state index contributed by atoms with van der Waals surface area (Å²) in [6.07, 6.45) is 4.90. The normalized spacial score (nSPS) is 21.1. The Labute approximate surface area is 235 Å². The Bertz CT molecular complexity index is 1140. The fourth-order valence-electron chi connectivity index (χ4n) is 5.26. The second-order valence-corrected chi connectivity index (χ2v) is 11.3. The Morgan fingerprint density at radius 3 is 2.66 bits per heavy atom. The molecule has 3 unspecified atom stereocenters. The highest BCUT2D eigenvalue weighted by molar-refractivity contribution is 9.10. The highest BCUT2D eigenvalue weighted by atomic mass is 79.9. The third-order valence-corrected chi connectivity index (χ3v) is 7.73. The van der Waals surface area contributed by atoms with Crippen LogP contribution in [0.2, 0.25) is 0 Å². The van der Waals surface area contributed by atoms with E-state index in [0.29, 0.717) is 49.2 Å². The summed E-state index contributed by atoms with van der Waals surface area (Å²) >= 11 is 3.67. The first-order valence-corrected chi connectivity index (χ1v) is 14.6. The molecule has 38 heavy (non-hydrogen) atoms. The third kappa shape index (κ3) is 7.05. The number of unbranched alkanes of at least 4 members (excludes halogenated alkanes) is 1. The molecule has 0 saturated heterocycles. The van der Waals surface area contributed by atoms with Crippen molar-refractivity contribution in [2.24, 2.45) is 22.7 Å². The number of nitrogens with zero attached hydrogens (tertiary/aromatic N) is 2. The number of benzene rings is 1. The van der Waals surface area contributed by atoms with Gasteiger partial charge in [0.05, 0.1) is 29.7 Å². The molecule has 7 nitrogen and oxygen atoms in total. The molecule has 1 heterocycles. The van der Waals surface area contributed by atoms with Crippen LogP contribution in [0.5, 0.6) is 11.5 Å². The van der Waals surface area contributed by atoms with Gasteiger partial charge in [-0.15, -0.1) is 0 Å². The minimum atomic E-state index is -0.519. The van der Waals surface area contributed by atoms with Gasteiger partial charge in [0.25, 0.3) is 0 Å². The zero-order valence-electron chi connectivity index (χ0n) is 23.2. The zero-order chi connectivity index (χ0) is 27.8. The van der Waals surface area contributed by atoms with E-state index < -0.39 is 11.8 Å². The smallest absolute Gasteiger partial charge is 0.222 e. The van der Waals surface area contributed by atoms with Gasteiger partial charge >= 0.3 is 0 Å². The van der Waals surface area contributed by atoms with Crippen molar-refractivity contribution in [1.29, 1.82) is 5.26 Å². The van der Waals surface area contributed by atoms with Gasteiger partial charge in [0, 0.05) is 41.8 Å². The number of amides is 1. The first-order chi connectivity index (χ1) is 18.2. The summed E-state index contributed by atoms with van der Waals surface area (Å²) in [4.78, 5) is 29.9. The lowest BCUT2D eigenvalue weighted by atomic mass is 9.70. The molecule has 1 aliphatic carbocycles. The van der Waals surface area contributed by atoms with Crippen LogP contribution < -0.4 is 14.8 Å². The Morgan fingerprint density at radius 1 is 1.24 bits per heavy atom. The Morgan fingerprint density at radius 2 is 2.00 bits per heavy atom. The maximum atomic E-state index is 13.4. The van der Waals surface area contributed by atoms with E-state index in [9.17, 15) is 14.9 Å². The van der Waals surface area contributed by atoms with E-state index in [0.717, 1.165) is 53.5 Å². The molecular weight excluding hydrogens is 546 g/mol. The van der Waals surface area contributed by atoms with Crippen LogP contribution in [0.15, 0.2) is 32.9 Å². The Kier molecular flexibility index (Phi) is 11.0. The van der Waals surface area contributed by atoms with Crippen molar-refractivity contribution >= 4 is 33.3 Å². The molecule has 3 rings (SSSR count). The molecule has 1 amide bonds. The second-order valence-electron chi connectivity index (χ2n) is 10.4. The van der Waals surface area contributed by atoms with Crippen molar-refractivity contribution in [3.63, 3.8) is 0 Å². The summed E-state index contributed by atoms with van der Waals surface area (Å²) in [6, 6.07) is 6.27. The highest BCUT2D eigenvalue weighted by Crippen LogP contribution is 2.48. The number of rotatable bonds is 12. The molecule has 1 aromatic rings. The predicted molar refractivity (Wildman–Crippen MR) is 153 cm³/mol. The van der Waals surface area contributed by atoms with Crippen molar-refractivity contribution in [2.75, 3.05) is 19.8 Å². The van der Waals surface area contributed by atoms with Crippen LogP contribution in [0.25, 0.3) is 0 Å². The number of hydrogen-bond donors (Lipinski definition) is 1. The van der Waals surface area contributed by atoms with Gasteiger partial charge in [-0.25, -0.2) is 0 Å². The van der Waals surface area contributed by atoms with Crippen LogP contribution in [0.1, 0.15) is 84.6 Å². The molecule has 0 aromatic heterocycles. The minimum absolute atomic E-state index is 0.0251. The number of Topliss-reactive ketones (excluding diaryl/α,β-unsaturated/α-hetero) is 1. The number of allylic oxidation sites excluding steroid dienone is 2. The van der Waals surface area contributed by atoms with Crippen molar-refractivity contribution < 1.29 is 19.1 Å². The standard InChI is InChI=1S/C30H40BrN3O4/c1-6-10-20-13-24-28(25(35)14-20)27(22(17-32)19(5)34-24)21-15-23(31)29(26(16-21)37-7-2)38-12-9-8-11-33-30(36)18(3)4/h15-16,18,20,22,27H,6-14H2,1-5H3,(H,33,36). The van der Waals surface area contributed by atoms with Gasteiger partial charge < -0.3 is 14.8 Å². The monoisotopic (exact) mass is 585 g/mol. The van der Waals surface area contributed by atoms with Gasteiger partial charge in [-0.3, -0.25) is 14.6 Å². The average Bonchev–Trinajstić information content (AvgIpc) is 2.86. The lowest BCUT2D eigenvalue weighted by Gasteiger charge is -2.35. The number of halogens is 1. The van der Waals surface area contributed by atoms with Crippen molar-refractivity contribution in [3.05, 3.63) is 33.4 Å². The molecule has 8 heteroatoms. The predicted octanol–water partition coefficient (Wildman–Crippen LogP) is 6.51. The molecule has 1 N–H and O–H groups in total. The van der Waals surface area contributed by atoms with E-state index in [-0.39, 0.29) is 17.6 Å². The molecule has 1 aromatic carbocycles. The summed E-state index contributed by atoms with van der Waals surface area (Å²) in [5.74, 6) is 0.707.